The maximum absolute atomic E-state index is 13.7. The van der Waals surface area contributed by atoms with E-state index in [0.717, 1.165) is 24.2 Å². The molecule has 39 heavy (non-hydrogen) atoms. The molecule has 1 N–H and O–H groups in total. The van der Waals surface area contributed by atoms with Crippen LogP contribution in [0.3, 0.4) is 0 Å². The number of nitrogens with zero attached hydrogens (tertiary/aromatic N) is 2. The summed E-state index contributed by atoms with van der Waals surface area (Å²) in [4.78, 5) is 31.7. The minimum absolute atomic E-state index is 0.0361. The van der Waals surface area contributed by atoms with E-state index in [2.05, 4.69) is 10.3 Å². The van der Waals surface area contributed by atoms with Gasteiger partial charge < -0.3 is 24.4 Å². The van der Waals surface area contributed by atoms with E-state index < -0.39 is 21.9 Å². The van der Waals surface area contributed by atoms with Gasteiger partial charge in [-0.2, -0.15) is 4.98 Å². The molecule has 1 saturated heterocycles. The number of anilines is 3. The Morgan fingerprint density at radius 2 is 1.90 bits per heavy atom. The number of ether oxygens (including phenoxy) is 3. The lowest BCUT2D eigenvalue weighted by Gasteiger charge is -2.31. The van der Waals surface area contributed by atoms with Gasteiger partial charge >= 0.3 is 6.16 Å². The van der Waals surface area contributed by atoms with Crippen LogP contribution >= 0.6 is 11.3 Å². The number of benzene rings is 2. The van der Waals surface area contributed by atoms with Crippen LogP contribution in [0.25, 0.3) is 0 Å². The van der Waals surface area contributed by atoms with Crippen LogP contribution in [0, 0.1) is 5.92 Å². The van der Waals surface area contributed by atoms with Crippen molar-refractivity contribution >= 4 is 49.7 Å². The van der Waals surface area contributed by atoms with Crippen LogP contribution in [0.5, 0.6) is 5.88 Å². The van der Waals surface area contributed by atoms with Gasteiger partial charge in [0.15, 0.2) is 5.13 Å². The molecule has 1 atom stereocenters. The molecule has 0 aliphatic carbocycles. The zero-order chi connectivity index (χ0) is 27.6. The number of hydrogen-bond acceptors (Lipinski definition) is 10. The highest BCUT2D eigenvalue weighted by atomic mass is 32.2. The average molecular weight is 572 g/mol. The normalized spacial score (nSPS) is 17.0. The van der Waals surface area contributed by atoms with Crippen LogP contribution in [-0.4, -0.2) is 52.3 Å². The third-order valence-corrected chi connectivity index (χ3v) is 9.53. The Balaban J connectivity index is 1.44. The second-order valence-electron chi connectivity index (χ2n) is 9.37. The van der Waals surface area contributed by atoms with E-state index >= 15 is 0 Å². The van der Waals surface area contributed by atoms with Gasteiger partial charge in [-0.1, -0.05) is 18.2 Å². The van der Waals surface area contributed by atoms with Crippen molar-refractivity contribution in [2.75, 3.05) is 37.1 Å². The summed E-state index contributed by atoms with van der Waals surface area (Å²) in [6.45, 7) is 3.12. The third kappa shape index (κ3) is 5.63. The zero-order valence-corrected chi connectivity index (χ0v) is 23.2. The van der Waals surface area contributed by atoms with Gasteiger partial charge in [0, 0.05) is 20.3 Å². The molecule has 1 amide bonds. The summed E-state index contributed by atoms with van der Waals surface area (Å²) in [5.74, 6) is -0.536. The highest BCUT2D eigenvalue weighted by Crippen LogP contribution is 2.44. The Labute approximate surface area is 230 Å². The number of amides is 1. The number of thiazole rings is 1. The topological polar surface area (TPSA) is 124 Å². The molecule has 0 radical (unpaired) electrons. The first-order valence-corrected chi connectivity index (χ1v) is 15.0. The van der Waals surface area contributed by atoms with Gasteiger partial charge in [-0.15, -0.1) is 11.3 Å². The van der Waals surface area contributed by atoms with E-state index in [0.29, 0.717) is 36.6 Å². The molecule has 1 unspecified atom stereocenters. The molecule has 1 fully saturated rings. The predicted octanol–water partition coefficient (Wildman–Crippen LogP) is 5.13. The summed E-state index contributed by atoms with van der Waals surface area (Å²) in [5, 5.41) is 4.64. The number of para-hydroxylation sites is 1. The molecule has 2 aliphatic rings. The van der Waals surface area contributed by atoms with Gasteiger partial charge in [-0.25, -0.2) is 13.2 Å². The van der Waals surface area contributed by atoms with Crippen molar-refractivity contribution in [1.82, 2.24) is 4.98 Å². The smallest absolute Gasteiger partial charge is 0.434 e. The lowest BCUT2D eigenvalue weighted by atomic mass is 9.84. The summed E-state index contributed by atoms with van der Waals surface area (Å²) in [6.07, 6.45) is 1.38. The fourth-order valence-electron chi connectivity index (χ4n) is 4.95. The summed E-state index contributed by atoms with van der Waals surface area (Å²) >= 11 is 1.13. The lowest BCUT2D eigenvalue weighted by Crippen LogP contribution is -2.27. The van der Waals surface area contributed by atoms with E-state index in [-0.39, 0.29) is 39.2 Å². The molecular weight excluding hydrogens is 542 g/mol. The lowest BCUT2D eigenvalue weighted by molar-refractivity contribution is -0.118. The zero-order valence-electron chi connectivity index (χ0n) is 21.6. The van der Waals surface area contributed by atoms with Crippen LogP contribution in [0.15, 0.2) is 57.6 Å². The fraction of sp³-hybridized carbons (Fsp3) is 0.370. The summed E-state index contributed by atoms with van der Waals surface area (Å²) < 4.78 is 42.0. The van der Waals surface area contributed by atoms with Crippen LogP contribution in [0.4, 0.5) is 21.3 Å². The standard InChI is InChI=1S/C27H29N3O7S2/c1-3-36-27(32)37-24-16-38-26(28-24)29-25(31)19(14-17-10-12-35-13-11-17)18-8-9-23-21(15-18)30(2)20-6-4-5-7-22(20)39(23,33)34/h4-9,15-17,19H,3,10-14H2,1-2H3,(H,28,29,31). The number of carbonyl (C=O) groups is 2. The van der Waals surface area contributed by atoms with Crippen LogP contribution in [0.1, 0.15) is 37.7 Å². The number of aromatic nitrogens is 1. The molecule has 0 saturated carbocycles. The summed E-state index contributed by atoms with van der Waals surface area (Å²) in [5.41, 5.74) is 1.82. The van der Waals surface area contributed by atoms with Crippen molar-refractivity contribution in [1.29, 1.82) is 0 Å². The largest absolute Gasteiger partial charge is 0.515 e. The van der Waals surface area contributed by atoms with Crippen LogP contribution in [-0.2, 0) is 24.1 Å². The Morgan fingerprint density at radius 1 is 1.15 bits per heavy atom. The first-order chi connectivity index (χ1) is 18.8. The van der Waals surface area contributed by atoms with Gasteiger partial charge in [0.05, 0.1) is 39.1 Å². The molecule has 10 nitrogen and oxygen atoms in total. The van der Waals surface area contributed by atoms with E-state index in [1.54, 1.807) is 49.4 Å². The Kier molecular flexibility index (Phi) is 7.87. The Morgan fingerprint density at radius 3 is 2.67 bits per heavy atom. The summed E-state index contributed by atoms with van der Waals surface area (Å²) in [6, 6.07) is 12.0. The monoisotopic (exact) mass is 571 g/mol. The minimum Gasteiger partial charge on any atom is -0.434 e. The first kappa shape index (κ1) is 27.1. The molecule has 0 bridgehead atoms. The SMILES string of the molecule is CCOC(=O)Oc1csc(NC(=O)C(CC2CCOCC2)c2ccc3c(c2)N(C)c2ccccc2S3(=O)=O)n1. The second-order valence-corrected chi connectivity index (χ2v) is 12.1. The maximum Gasteiger partial charge on any atom is 0.515 e. The van der Waals surface area contributed by atoms with Crippen molar-refractivity contribution in [3.05, 3.63) is 53.4 Å². The molecule has 5 rings (SSSR count). The Bertz CT molecular complexity index is 1480. The molecule has 2 aromatic carbocycles. The number of fused-ring (bicyclic) bond motifs is 2. The third-order valence-electron chi connectivity index (χ3n) is 6.94. The highest BCUT2D eigenvalue weighted by Gasteiger charge is 2.34. The quantitative estimate of drug-likeness (QED) is 0.384. The van der Waals surface area contributed by atoms with Crippen LogP contribution in [0.2, 0.25) is 0 Å². The fourth-order valence-corrected chi connectivity index (χ4v) is 7.26. The van der Waals surface area contributed by atoms with Gasteiger partial charge in [0.1, 0.15) is 0 Å². The van der Waals surface area contributed by atoms with E-state index in [4.69, 9.17) is 14.2 Å². The average Bonchev–Trinajstić information content (AvgIpc) is 3.37. The number of sulfone groups is 1. The number of rotatable bonds is 7. The highest BCUT2D eigenvalue weighted by molar-refractivity contribution is 7.92. The number of hydrogen-bond donors (Lipinski definition) is 1. The number of nitrogens with one attached hydrogen (secondary N) is 1. The second kappa shape index (κ2) is 11.3. The molecule has 0 spiro atoms. The molecule has 3 heterocycles. The van der Waals surface area contributed by atoms with E-state index in [9.17, 15) is 18.0 Å². The molecule has 1 aromatic heterocycles. The minimum atomic E-state index is -3.70. The van der Waals surface area contributed by atoms with Crippen molar-refractivity contribution in [2.45, 2.75) is 41.9 Å². The molecule has 3 aromatic rings. The molecule has 2 aliphatic heterocycles. The number of carbonyl (C=O) groups excluding carboxylic acids is 2. The first-order valence-electron chi connectivity index (χ1n) is 12.7. The Hall–Kier alpha value is -3.48. The predicted molar refractivity (Wildman–Crippen MR) is 146 cm³/mol. The van der Waals surface area contributed by atoms with E-state index in [1.165, 1.54) is 5.38 Å². The van der Waals surface area contributed by atoms with Crippen molar-refractivity contribution < 1.29 is 32.2 Å². The maximum atomic E-state index is 13.7. The van der Waals surface area contributed by atoms with Gasteiger partial charge in [-0.05, 0) is 61.9 Å². The van der Waals surface area contributed by atoms with E-state index in [1.807, 2.05) is 11.9 Å². The van der Waals surface area contributed by atoms with Crippen molar-refractivity contribution in [3.63, 3.8) is 0 Å². The van der Waals surface area contributed by atoms with Gasteiger partial charge in [0.25, 0.3) is 0 Å². The van der Waals surface area contributed by atoms with Crippen molar-refractivity contribution in [3.8, 4) is 5.88 Å². The molecular formula is C27H29N3O7S2. The van der Waals surface area contributed by atoms with Crippen LogP contribution < -0.4 is 15.0 Å². The van der Waals surface area contributed by atoms with Crippen molar-refractivity contribution in [2.24, 2.45) is 5.92 Å². The van der Waals surface area contributed by atoms with Gasteiger partial charge in [-0.3, -0.25) is 4.79 Å². The summed E-state index contributed by atoms with van der Waals surface area (Å²) in [7, 11) is -1.88. The molecule has 12 heteroatoms. The van der Waals surface area contributed by atoms with Gasteiger partial charge in [0.2, 0.25) is 21.6 Å². The molecule has 206 valence electrons.